The monoisotopic (exact) mass is 380 g/mol. The second-order valence-corrected chi connectivity index (χ2v) is 6.87. The molecule has 1 fully saturated rings. The zero-order valence-electron chi connectivity index (χ0n) is 15.1. The van der Waals surface area contributed by atoms with Crippen molar-refractivity contribution in [2.75, 3.05) is 7.11 Å². The molecule has 0 spiro atoms. The maximum atomic E-state index is 12.7. The number of aromatic hydroxyl groups is 1. The fourth-order valence-electron chi connectivity index (χ4n) is 3.44. The number of aliphatic hydroxyl groups excluding tert-OH is 3. The van der Waals surface area contributed by atoms with Crippen molar-refractivity contribution >= 4 is 5.97 Å². The summed E-state index contributed by atoms with van der Waals surface area (Å²) in [6.07, 6.45) is -2.57. The number of hydrogen-bond acceptors (Lipinski definition) is 8. The van der Waals surface area contributed by atoms with Crippen LogP contribution >= 0.6 is 0 Å². The van der Waals surface area contributed by atoms with Gasteiger partial charge in [-0.15, -0.1) is 0 Å². The van der Waals surface area contributed by atoms with E-state index in [2.05, 4.69) is 0 Å². The Bertz CT molecular complexity index is 731. The Morgan fingerprint density at radius 3 is 2.63 bits per heavy atom. The van der Waals surface area contributed by atoms with Gasteiger partial charge in [-0.1, -0.05) is 12.2 Å². The van der Waals surface area contributed by atoms with E-state index in [9.17, 15) is 25.2 Å². The third-order valence-corrected chi connectivity index (χ3v) is 4.83. The number of cyclic esters (lactones) is 1. The molecule has 8 heteroatoms. The van der Waals surface area contributed by atoms with Crippen LogP contribution in [0.15, 0.2) is 24.3 Å². The van der Waals surface area contributed by atoms with Crippen molar-refractivity contribution in [2.45, 2.75) is 56.4 Å². The van der Waals surface area contributed by atoms with E-state index in [1.807, 2.05) is 0 Å². The Kier molecular flexibility index (Phi) is 5.71. The molecule has 148 valence electrons. The van der Waals surface area contributed by atoms with E-state index < -0.39 is 42.6 Å². The smallest absolute Gasteiger partial charge is 0.342 e. The molecule has 0 radical (unpaired) electrons. The van der Waals surface area contributed by atoms with Gasteiger partial charge < -0.3 is 34.6 Å². The van der Waals surface area contributed by atoms with Gasteiger partial charge in [0.1, 0.15) is 41.5 Å². The predicted octanol–water partition coefficient (Wildman–Crippen LogP) is 0.819. The van der Waals surface area contributed by atoms with Crippen LogP contribution < -0.4 is 4.74 Å². The highest BCUT2D eigenvalue weighted by Crippen LogP contribution is 2.40. The normalized spacial score (nSPS) is 35.2. The van der Waals surface area contributed by atoms with Crippen LogP contribution in [-0.4, -0.2) is 64.0 Å². The molecule has 8 nitrogen and oxygen atoms in total. The molecule has 2 aliphatic heterocycles. The van der Waals surface area contributed by atoms with Gasteiger partial charge in [0.05, 0.1) is 19.3 Å². The zero-order chi connectivity index (χ0) is 19.7. The van der Waals surface area contributed by atoms with Crippen molar-refractivity contribution in [3.63, 3.8) is 0 Å². The Labute approximate surface area is 156 Å². The number of phenolic OH excluding ortho intramolecular Hbond substituents is 1. The van der Waals surface area contributed by atoms with Crippen LogP contribution in [0.3, 0.4) is 0 Å². The Hall–Kier alpha value is -2.13. The van der Waals surface area contributed by atoms with Crippen molar-refractivity contribution in [1.29, 1.82) is 0 Å². The Morgan fingerprint density at radius 2 is 1.93 bits per heavy atom. The van der Waals surface area contributed by atoms with Gasteiger partial charge >= 0.3 is 5.97 Å². The van der Waals surface area contributed by atoms with Crippen LogP contribution in [0.4, 0.5) is 0 Å². The fraction of sp³-hybridized carbons (Fsp3) is 0.526. The molecule has 27 heavy (non-hydrogen) atoms. The van der Waals surface area contributed by atoms with E-state index in [1.165, 1.54) is 25.3 Å². The van der Waals surface area contributed by atoms with Crippen molar-refractivity contribution < 1.29 is 39.4 Å². The minimum atomic E-state index is -1.16. The Balaban J connectivity index is 2.14. The van der Waals surface area contributed by atoms with E-state index in [1.54, 1.807) is 13.0 Å². The number of esters is 1. The number of aliphatic hydroxyl groups is 3. The summed E-state index contributed by atoms with van der Waals surface area (Å²) in [5.74, 6) is -0.864. The molecule has 0 unspecified atom stereocenters. The second kappa shape index (κ2) is 7.85. The molecular weight excluding hydrogens is 356 g/mol. The maximum Gasteiger partial charge on any atom is 0.342 e. The van der Waals surface area contributed by atoms with E-state index in [0.717, 1.165) is 0 Å². The van der Waals surface area contributed by atoms with E-state index in [-0.39, 0.29) is 29.0 Å². The lowest BCUT2D eigenvalue weighted by Crippen LogP contribution is -2.48. The van der Waals surface area contributed by atoms with Crippen LogP contribution in [0.5, 0.6) is 11.5 Å². The lowest BCUT2D eigenvalue weighted by molar-refractivity contribution is -0.193. The molecule has 0 saturated carbocycles. The first-order valence-corrected chi connectivity index (χ1v) is 8.80. The number of hydrogen-bond donors (Lipinski definition) is 4. The van der Waals surface area contributed by atoms with Crippen molar-refractivity contribution in [3.05, 3.63) is 35.4 Å². The van der Waals surface area contributed by atoms with Crippen molar-refractivity contribution in [2.24, 2.45) is 0 Å². The molecule has 1 saturated heterocycles. The van der Waals surface area contributed by atoms with E-state index in [4.69, 9.17) is 14.2 Å². The summed E-state index contributed by atoms with van der Waals surface area (Å²) in [6, 6.07) is 2.74. The summed E-state index contributed by atoms with van der Waals surface area (Å²) in [4.78, 5) is 12.7. The summed E-state index contributed by atoms with van der Waals surface area (Å²) in [5, 5.41) is 41.4. The van der Waals surface area contributed by atoms with Gasteiger partial charge in [0.2, 0.25) is 0 Å². The van der Waals surface area contributed by atoms with E-state index in [0.29, 0.717) is 6.42 Å². The summed E-state index contributed by atoms with van der Waals surface area (Å²) in [6.45, 7) is 1.68. The van der Waals surface area contributed by atoms with Gasteiger partial charge in [0.15, 0.2) is 0 Å². The molecule has 0 amide bonds. The van der Waals surface area contributed by atoms with Gasteiger partial charge in [-0.3, -0.25) is 0 Å². The molecule has 2 heterocycles. The molecule has 4 N–H and O–H groups in total. The average molecular weight is 380 g/mol. The number of fused-ring (bicyclic) bond motifs is 4. The first kappa shape index (κ1) is 19.6. The number of carbonyl (C=O) groups excluding carboxylic acids is 1. The first-order chi connectivity index (χ1) is 12.8. The molecular formula is C19H24O8. The molecule has 6 atom stereocenters. The predicted molar refractivity (Wildman–Crippen MR) is 93.5 cm³/mol. The van der Waals surface area contributed by atoms with Crippen molar-refractivity contribution in [1.82, 2.24) is 0 Å². The third kappa shape index (κ3) is 3.93. The summed E-state index contributed by atoms with van der Waals surface area (Å²) in [7, 11) is 1.40. The number of benzene rings is 1. The minimum absolute atomic E-state index is 0.0664. The van der Waals surface area contributed by atoms with Crippen LogP contribution in [0.25, 0.3) is 0 Å². The van der Waals surface area contributed by atoms with Gasteiger partial charge in [-0.05, 0) is 13.0 Å². The van der Waals surface area contributed by atoms with Crippen LogP contribution in [-0.2, 0) is 9.47 Å². The summed E-state index contributed by atoms with van der Waals surface area (Å²) < 4.78 is 16.3. The molecule has 3 rings (SSSR count). The van der Waals surface area contributed by atoms with Crippen LogP contribution in [0, 0.1) is 0 Å². The highest BCUT2D eigenvalue weighted by molar-refractivity contribution is 5.94. The lowest BCUT2D eigenvalue weighted by atomic mass is 9.88. The fourth-order valence-corrected chi connectivity index (χ4v) is 3.44. The molecule has 2 bridgehead atoms. The zero-order valence-corrected chi connectivity index (χ0v) is 15.1. The number of phenols is 1. The topological polar surface area (TPSA) is 126 Å². The number of carbonyl (C=O) groups is 1. The van der Waals surface area contributed by atoms with Gasteiger partial charge in [-0.2, -0.15) is 0 Å². The van der Waals surface area contributed by atoms with E-state index >= 15 is 0 Å². The average Bonchev–Trinajstić information content (AvgIpc) is 2.59. The minimum Gasteiger partial charge on any atom is -0.507 e. The number of methoxy groups -OCH3 is 1. The SMILES string of the molecule is COc1cc(O)c2c(c1)[C@@H]1O[C@H]([C@@H](O)/C=C/C[C@H](C)OC2=O)[C@@H](O)C[C@H]1O. The molecule has 1 aromatic rings. The number of rotatable bonds is 1. The number of ether oxygens (including phenoxy) is 3. The first-order valence-electron chi connectivity index (χ1n) is 8.80. The summed E-state index contributed by atoms with van der Waals surface area (Å²) in [5.41, 5.74) is 0.0334. The quantitative estimate of drug-likeness (QED) is 0.417. The maximum absolute atomic E-state index is 12.7. The second-order valence-electron chi connectivity index (χ2n) is 6.87. The third-order valence-electron chi connectivity index (χ3n) is 4.83. The molecule has 2 aliphatic rings. The molecule has 0 aromatic heterocycles. The van der Waals surface area contributed by atoms with Gasteiger partial charge in [0.25, 0.3) is 0 Å². The van der Waals surface area contributed by atoms with Crippen molar-refractivity contribution in [3.8, 4) is 11.5 Å². The van der Waals surface area contributed by atoms with Crippen LogP contribution in [0.2, 0.25) is 0 Å². The van der Waals surface area contributed by atoms with Gasteiger partial charge in [-0.25, -0.2) is 4.79 Å². The highest BCUT2D eigenvalue weighted by atomic mass is 16.5. The molecule has 0 aliphatic carbocycles. The standard InChI is InChI=1S/C19H24O8/c1-9-4-3-5-12(20)18-15(23)8-14(22)17(27-18)11-6-10(25-2)7-13(21)16(11)19(24)26-9/h3,5-7,9,12,14-15,17-18,20-23H,4,8H2,1-2H3/b5-3+/t9-,12-,14+,15-,17-,18+/m0/s1. The lowest BCUT2D eigenvalue weighted by Gasteiger charge is -2.39. The highest BCUT2D eigenvalue weighted by Gasteiger charge is 2.42. The van der Waals surface area contributed by atoms with Crippen LogP contribution in [0.1, 0.15) is 41.8 Å². The summed E-state index contributed by atoms with van der Waals surface area (Å²) >= 11 is 0. The largest absolute Gasteiger partial charge is 0.507 e. The Morgan fingerprint density at radius 1 is 1.19 bits per heavy atom. The molecule has 1 aromatic carbocycles. The van der Waals surface area contributed by atoms with Gasteiger partial charge in [0, 0.05) is 24.5 Å².